The lowest BCUT2D eigenvalue weighted by Crippen LogP contribution is -2.23. The summed E-state index contributed by atoms with van der Waals surface area (Å²) in [6, 6.07) is 3.37. The van der Waals surface area contributed by atoms with Crippen molar-refractivity contribution in [2.45, 2.75) is 13.0 Å². The third-order valence-corrected chi connectivity index (χ3v) is 2.23. The molecule has 0 aliphatic carbocycles. The minimum Gasteiger partial charge on any atom is -0.504 e. The summed E-state index contributed by atoms with van der Waals surface area (Å²) in [5.74, 6) is 0.0321. The Morgan fingerprint density at radius 3 is 2.92 bits per heavy atom. The van der Waals surface area contributed by atoms with Crippen LogP contribution in [0.1, 0.15) is 11.1 Å². The monoisotopic (exact) mass is 165 g/mol. The molecule has 0 unspecified atom stereocenters. The van der Waals surface area contributed by atoms with Gasteiger partial charge in [0.2, 0.25) is 0 Å². The highest BCUT2D eigenvalue weighted by Gasteiger charge is 2.14. The Labute approximate surface area is 70.7 Å². The van der Waals surface area contributed by atoms with Crippen LogP contribution in [0.25, 0.3) is 0 Å². The van der Waals surface area contributed by atoms with Crippen LogP contribution in [0.15, 0.2) is 12.1 Å². The van der Waals surface area contributed by atoms with Gasteiger partial charge in [-0.3, -0.25) is 0 Å². The van der Waals surface area contributed by atoms with Crippen LogP contribution in [0, 0.1) is 0 Å². The molecular weight excluding hydrogens is 154 g/mol. The summed E-state index contributed by atoms with van der Waals surface area (Å²) in [5.41, 5.74) is 1.96. The maximum absolute atomic E-state index is 9.47. The minimum atomic E-state index is -0.0179. The molecule has 0 saturated heterocycles. The molecule has 0 fully saturated rings. The fourth-order valence-electron chi connectivity index (χ4n) is 1.55. The van der Waals surface area contributed by atoms with Crippen molar-refractivity contribution in [1.82, 2.24) is 5.32 Å². The van der Waals surface area contributed by atoms with Crippen molar-refractivity contribution >= 4 is 0 Å². The molecule has 2 rings (SSSR count). The van der Waals surface area contributed by atoms with Crippen molar-refractivity contribution in [1.29, 1.82) is 0 Å². The Hall–Kier alpha value is -1.22. The van der Waals surface area contributed by atoms with Gasteiger partial charge in [0, 0.05) is 12.1 Å². The van der Waals surface area contributed by atoms with E-state index in [1.165, 1.54) is 6.07 Å². The Morgan fingerprint density at radius 1 is 1.25 bits per heavy atom. The van der Waals surface area contributed by atoms with Gasteiger partial charge in [-0.15, -0.1) is 0 Å². The SMILES string of the molecule is Oc1ccc2c(c1O)CCNC2. The average Bonchev–Trinajstić information content (AvgIpc) is 2.12. The number of rotatable bonds is 0. The summed E-state index contributed by atoms with van der Waals surface area (Å²) in [7, 11) is 0. The largest absolute Gasteiger partial charge is 0.504 e. The van der Waals surface area contributed by atoms with Gasteiger partial charge in [-0.25, -0.2) is 0 Å². The van der Waals surface area contributed by atoms with E-state index in [1.54, 1.807) is 0 Å². The zero-order chi connectivity index (χ0) is 8.55. The molecule has 64 valence electrons. The summed E-state index contributed by atoms with van der Waals surface area (Å²) >= 11 is 0. The molecule has 12 heavy (non-hydrogen) atoms. The van der Waals surface area contributed by atoms with E-state index in [9.17, 15) is 10.2 Å². The second-order valence-electron chi connectivity index (χ2n) is 3.00. The first-order chi connectivity index (χ1) is 5.79. The van der Waals surface area contributed by atoms with Crippen molar-refractivity contribution in [3.63, 3.8) is 0 Å². The van der Waals surface area contributed by atoms with Crippen LogP contribution in [0.3, 0.4) is 0 Å². The molecule has 0 amide bonds. The fourth-order valence-corrected chi connectivity index (χ4v) is 1.55. The number of benzene rings is 1. The molecule has 1 aromatic carbocycles. The number of nitrogens with one attached hydrogen (secondary N) is 1. The van der Waals surface area contributed by atoms with Crippen LogP contribution in [0.4, 0.5) is 0 Å². The van der Waals surface area contributed by atoms with Gasteiger partial charge in [0.25, 0.3) is 0 Å². The number of fused-ring (bicyclic) bond motifs is 1. The highest BCUT2D eigenvalue weighted by Crippen LogP contribution is 2.32. The van der Waals surface area contributed by atoms with E-state index in [-0.39, 0.29) is 11.5 Å². The van der Waals surface area contributed by atoms with Crippen LogP contribution in [0.2, 0.25) is 0 Å². The smallest absolute Gasteiger partial charge is 0.161 e. The van der Waals surface area contributed by atoms with Crippen molar-refractivity contribution in [3.8, 4) is 11.5 Å². The highest BCUT2D eigenvalue weighted by molar-refractivity contribution is 5.49. The second-order valence-corrected chi connectivity index (χ2v) is 3.00. The summed E-state index contributed by atoms with van der Waals surface area (Å²) in [5, 5.41) is 21.9. The summed E-state index contributed by atoms with van der Waals surface area (Å²) in [6.45, 7) is 1.65. The lowest BCUT2D eigenvalue weighted by molar-refractivity contribution is 0.396. The molecule has 0 spiro atoms. The van der Waals surface area contributed by atoms with Crippen molar-refractivity contribution in [3.05, 3.63) is 23.3 Å². The number of phenols is 2. The Balaban J connectivity index is 2.54. The molecule has 0 radical (unpaired) electrons. The van der Waals surface area contributed by atoms with Gasteiger partial charge in [0.05, 0.1) is 0 Å². The van der Waals surface area contributed by atoms with E-state index in [1.807, 2.05) is 6.07 Å². The molecule has 3 N–H and O–H groups in total. The number of aromatic hydroxyl groups is 2. The van der Waals surface area contributed by atoms with Crippen LogP contribution in [-0.2, 0) is 13.0 Å². The summed E-state index contributed by atoms with van der Waals surface area (Å²) < 4.78 is 0. The first kappa shape index (κ1) is 7.43. The Bertz CT molecular complexity index is 310. The van der Waals surface area contributed by atoms with E-state index in [2.05, 4.69) is 5.32 Å². The van der Waals surface area contributed by atoms with E-state index >= 15 is 0 Å². The summed E-state index contributed by atoms with van der Waals surface area (Å²) in [6.07, 6.45) is 0.787. The number of hydrogen-bond donors (Lipinski definition) is 3. The molecule has 0 aromatic heterocycles. The summed E-state index contributed by atoms with van der Waals surface area (Å²) in [4.78, 5) is 0. The number of phenolic OH excluding ortho intramolecular Hbond substituents is 2. The fraction of sp³-hybridized carbons (Fsp3) is 0.333. The average molecular weight is 165 g/mol. The van der Waals surface area contributed by atoms with Gasteiger partial charge < -0.3 is 15.5 Å². The van der Waals surface area contributed by atoms with Crippen molar-refractivity contribution in [2.75, 3.05) is 6.54 Å². The molecule has 3 nitrogen and oxygen atoms in total. The zero-order valence-electron chi connectivity index (χ0n) is 6.67. The van der Waals surface area contributed by atoms with Gasteiger partial charge in [-0.1, -0.05) is 6.07 Å². The van der Waals surface area contributed by atoms with Gasteiger partial charge in [-0.2, -0.15) is 0 Å². The third-order valence-electron chi connectivity index (χ3n) is 2.23. The van der Waals surface area contributed by atoms with Gasteiger partial charge >= 0.3 is 0 Å². The lowest BCUT2D eigenvalue weighted by Gasteiger charge is -2.18. The molecule has 1 aliphatic rings. The van der Waals surface area contributed by atoms with E-state index in [0.717, 1.165) is 30.6 Å². The second kappa shape index (κ2) is 2.68. The quantitative estimate of drug-likeness (QED) is 0.497. The molecule has 0 bridgehead atoms. The lowest BCUT2D eigenvalue weighted by atomic mass is 10.00. The molecule has 0 atom stereocenters. The Morgan fingerprint density at radius 2 is 2.08 bits per heavy atom. The standard InChI is InChI=1S/C9H11NO2/c11-8-2-1-6-5-10-4-3-7(6)9(8)12/h1-2,10-12H,3-5H2. The Kier molecular flexibility index (Phi) is 1.66. The molecule has 1 heterocycles. The number of hydrogen-bond acceptors (Lipinski definition) is 3. The normalized spacial score (nSPS) is 15.7. The van der Waals surface area contributed by atoms with Gasteiger partial charge in [0.1, 0.15) is 0 Å². The minimum absolute atomic E-state index is 0.0179. The first-order valence-electron chi connectivity index (χ1n) is 4.02. The van der Waals surface area contributed by atoms with Crippen LogP contribution in [0.5, 0.6) is 11.5 Å². The molecular formula is C9H11NO2. The maximum atomic E-state index is 9.47. The van der Waals surface area contributed by atoms with Gasteiger partial charge in [-0.05, 0) is 24.6 Å². The molecule has 0 saturated carbocycles. The third kappa shape index (κ3) is 1.02. The van der Waals surface area contributed by atoms with Crippen LogP contribution >= 0.6 is 0 Å². The zero-order valence-corrected chi connectivity index (χ0v) is 6.67. The highest BCUT2D eigenvalue weighted by atomic mass is 16.3. The van der Waals surface area contributed by atoms with Gasteiger partial charge in [0.15, 0.2) is 11.5 Å². The van der Waals surface area contributed by atoms with E-state index in [0.29, 0.717) is 0 Å². The first-order valence-corrected chi connectivity index (χ1v) is 4.02. The molecule has 3 heteroatoms. The van der Waals surface area contributed by atoms with Crippen molar-refractivity contribution < 1.29 is 10.2 Å². The van der Waals surface area contributed by atoms with E-state index in [4.69, 9.17) is 0 Å². The maximum Gasteiger partial charge on any atom is 0.161 e. The predicted octanol–water partition coefficient (Wildman–Crippen LogP) is 0.743. The van der Waals surface area contributed by atoms with E-state index < -0.39 is 0 Å². The predicted molar refractivity (Wildman–Crippen MR) is 45.2 cm³/mol. The molecule has 1 aromatic rings. The van der Waals surface area contributed by atoms with Crippen molar-refractivity contribution in [2.24, 2.45) is 0 Å². The molecule has 1 aliphatic heterocycles. The van der Waals surface area contributed by atoms with Crippen LogP contribution < -0.4 is 5.32 Å². The topological polar surface area (TPSA) is 52.5 Å². The van der Waals surface area contributed by atoms with Crippen LogP contribution in [-0.4, -0.2) is 16.8 Å².